The Bertz CT molecular complexity index is 903. The fourth-order valence-corrected chi connectivity index (χ4v) is 4.87. The van der Waals surface area contributed by atoms with Gasteiger partial charge in [0.2, 0.25) is 21.1 Å². The molecule has 1 aromatic carbocycles. The topological polar surface area (TPSA) is 92.3 Å². The second kappa shape index (κ2) is 9.23. The first-order valence-corrected chi connectivity index (χ1v) is 12.5. The van der Waals surface area contributed by atoms with Crippen LogP contribution in [0.15, 0.2) is 28.6 Å². The van der Waals surface area contributed by atoms with Crippen LogP contribution >= 0.6 is 23.1 Å². The fraction of sp³-hybridized carbons (Fsp3) is 0.500. The first kappa shape index (κ1) is 22.6. The molecule has 0 unspecified atom stereocenters. The van der Waals surface area contributed by atoms with Crippen molar-refractivity contribution in [1.29, 1.82) is 0 Å². The Morgan fingerprint density at radius 1 is 1.21 bits per heavy atom. The van der Waals surface area contributed by atoms with Crippen molar-refractivity contribution >= 4 is 49.8 Å². The smallest absolute Gasteiger partial charge is 0.246 e. The van der Waals surface area contributed by atoms with Crippen molar-refractivity contribution in [3.05, 3.63) is 29.8 Å². The molecule has 0 radical (unpaired) electrons. The van der Waals surface area contributed by atoms with E-state index in [4.69, 9.17) is 0 Å². The van der Waals surface area contributed by atoms with Crippen molar-refractivity contribution in [2.24, 2.45) is 0 Å². The Morgan fingerprint density at radius 2 is 1.86 bits per heavy atom. The number of amides is 1. The Morgan fingerprint density at radius 3 is 2.39 bits per heavy atom. The average molecular weight is 443 g/mol. The van der Waals surface area contributed by atoms with E-state index >= 15 is 0 Å². The molecule has 0 aliphatic heterocycles. The quantitative estimate of drug-likeness (QED) is 0.494. The van der Waals surface area contributed by atoms with Gasteiger partial charge in [0.15, 0.2) is 4.34 Å². The van der Waals surface area contributed by atoms with Gasteiger partial charge in [-0.05, 0) is 29.5 Å². The number of carbonyl (C=O) groups is 1. The predicted molar refractivity (Wildman–Crippen MR) is 117 cm³/mol. The van der Waals surface area contributed by atoms with E-state index < -0.39 is 15.9 Å². The Kier molecular flexibility index (Phi) is 7.46. The van der Waals surface area contributed by atoms with Crippen molar-refractivity contribution < 1.29 is 13.2 Å². The van der Waals surface area contributed by atoms with Crippen LogP contribution in [0.2, 0.25) is 0 Å². The molecule has 0 saturated heterocycles. The lowest BCUT2D eigenvalue weighted by Crippen LogP contribution is -2.37. The van der Waals surface area contributed by atoms with Crippen LogP contribution in [0.4, 0.5) is 10.8 Å². The number of rotatable bonds is 8. The van der Waals surface area contributed by atoms with Gasteiger partial charge >= 0.3 is 0 Å². The van der Waals surface area contributed by atoms with Crippen molar-refractivity contribution in [2.75, 3.05) is 28.2 Å². The summed E-state index contributed by atoms with van der Waals surface area (Å²) in [5.74, 6) is 0.461. The zero-order valence-electron chi connectivity index (χ0n) is 16.7. The molecule has 0 aliphatic rings. The molecular weight excluding hydrogens is 416 g/mol. The number of carbonyl (C=O) groups excluding carboxylic acids is 1. The lowest BCUT2D eigenvalue weighted by molar-refractivity contribution is -0.114. The van der Waals surface area contributed by atoms with Gasteiger partial charge in [0.05, 0.1) is 11.9 Å². The van der Waals surface area contributed by atoms with E-state index in [1.165, 1.54) is 11.3 Å². The second-order valence-electron chi connectivity index (χ2n) is 7.34. The van der Waals surface area contributed by atoms with Gasteiger partial charge in [-0.1, -0.05) is 62.9 Å². The molecule has 0 atom stereocenters. The van der Waals surface area contributed by atoms with E-state index in [1.54, 1.807) is 23.9 Å². The van der Waals surface area contributed by atoms with E-state index in [1.807, 2.05) is 12.1 Å². The SMILES string of the molecule is CCCSc1nnc(NC(=O)CN(c2ccc(C(C)(C)C)cc2)S(C)(=O)=O)s1. The summed E-state index contributed by atoms with van der Waals surface area (Å²) < 4.78 is 26.3. The first-order chi connectivity index (χ1) is 13.0. The third-order valence-corrected chi connectivity index (χ3v) is 7.11. The molecule has 1 amide bonds. The lowest BCUT2D eigenvalue weighted by Gasteiger charge is -2.24. The van der Waals surface area contributed by atoms with E-state index in [-0.39, 0.29) is 12.0 Å². The van der Waals surface area contributed by atoms with Crippen molar-refractivity contribution in [2.45, 2.75) is 43.9 Å². The lowest BCUT2D eigenvalue weighted by atomic mass is 9.87. The number of hydrogen-bond acceptors (Lipinski definition) is 7. The third kappa shape index (κ3) is 6.46. The highest BCUT2D eigenvalue weighted by atomic mass is 32.2. The number of sulfonamides is 1. The van der Waals surface area contributed by atoms with Gasteiger partial charge in [-0.25, -0.2) is 8.42 Å². The maximum atomic E-state index is 12.4. The molecule has 0 fully saturated rings. The molecule has 0 saturated carbocycles. The highest BCUT2D eigenvalue weighted by molar-refractivity contribution is 8.01. The summed E-state index contributed by atoms with van der Waals surface area (Å²) in [6.07, 6.45) is 2.10. The van der Waals surface area contributed by atoms with E-state index in [9.17, 15) is 13.2 Å². The van der Waals surface area contributed by atoms with Crippen molar-refractivity contribution in [1.82, 2.24) is 10.2 Å². The minimum Gasteiger partial charge on any atom is -0.299 e. The molecule has 0 aliphatic carbocycles. The Hall–Kier alpha value is -1.65. The second-order valence-corrected chi connectivity index (χ2v) is 11.6. The molecule has 2 aromatic rings. The summed E-state index contributed by atoms with van der Waals surface area (Å²) in [6, 6.07) is 7.21. The van der Waals surface area contributed by atoms with Crippen LogP contribution in [0.5, 0.6) is 0 Å². The van der Waals surface area contributed by atoms with Gasteiger partial charge in [-0.2, -0.15) is 0 Å². The largest absolute Gasteiger partial charge is 0.299 e. The summed E-state index contributed by atoms with van der Waals surface area (Å²) in [5, 5.41) is 10.9. The normalized spacial score (nSPS) is 12.0. The molecule has 7 nitrogen and oxygen atoms in total. The molecular formula is C18H26N4O3S3. The maximum absolute atomic E-state index is 12.4. The summed E-state index contributed by atoms with van der Waals surface area (Å²) >= 11 is 2.85. The minimum atomic E-state index is -3.62. The van der Waals surface area contributed by atoms with Crippen molar-refractivity contribution in [3.8, 4) is 0 Å². The molecule has 1 aromatic heterocycles. The minimum absolute atomic E-state index is 0.0445. The molecule has 1 heterocycles. The van der Waals surface area contributed by atoms with Crippen LogP contribution in [0.3, 0.4) is 0 Å². The van der Waals surface area contributed by atoms with Crippen LogP contribution in [0, 0.1) is 0 Å². The summed E-state index contributed by atoms with van der Waals surface area (Å²) in [7, 11) is -3.62. The van der Waals surface area contributed by atoms with Gasteiger partial charge in [0.25, 0.3) is 0 Å². The number of anilines is 2. The van der Waals surface area contributed by atoms with Crippen LogP contribution in [0.1, 0.15) is 39.7 Å². The van der Waals surface area contributed by atoms with E-state index in [0.29, 0.717) is 10.8 Å². The van der Waals surface area contributed by atoms with Gasteiger partial charge in [-0.3, -0.25) is 14.4 Å². The summed E-state index contributed by atoms with van der Waals surface area (Å²) in [6.45, 7) is 7.99. The van der Waals surface area contributed by atoms with Gasteiger partial charge in [-0.15, -0.1) is 10.2 Å². The highest BCUT2D eigenvalue weighted by Gasteiger charge is 2.22. The number of nitrogens with one attached hydrogen (secondary N) is 1. The Balaban J connectivity index is 2.12. The molecule has 1 N–H and O–H groups in total. The van der Waals surface area contributed by atoms with Crippen molar-refractivity contribution in [3.63, 3.8) is 0 Å². The zero-order chi connectivity index (χ0) is 20.9. The molecule has 28 heavy (non-hydrogen) atoms. The molecule has 10 heteroatoms. The number of nitrogens with zero attached hydrogens (tertiary/aromatic N) is 3. The Labute approximate surface area is 175 Å². The summed E-state index contributed by atoms with van der Waals surface area (Å²) in [5.41, 5.74) is 1.49. The van der Waals surface area contributed by atoms with Crippen LogP contribution in [-0.4, -0.2) is 43.1 Å². The van der Waals surface area contributed by atoms with Gasteiger partial charge in [0, 0.05) is 5.75 Å². The standard InChI is InChI=1S/C18H26N4O3S3/c1-6-11-26-17-21-20-16(27-17)19-15(23)12-22(28(5,24)25)14-9-7-13(8-10-14)18(2,3)4/h7-10H,6,11-12H2,1-5H3,(H,19,20,23). The summed E-state index contributed by atoms with van der Waals surface area (Å²) in [4.78, 5) is 12.4. The average Bonchev–Trinajstić information content (AvgIpc) is 3.03. The zero-order valence-corrected chi connectivity index (χ0v) is 19.2. The van der Waals surface area contributed by atoms with E-state index in [2.05, 4.69) is 43.2 Å². The van der Waals surface area contributed by atoms with Crippen LogP contribution < -0.4 is 9.62 Å². The highest BCUT2D eigenvalue weighted by Crippen LogP contribution is 2.27. The number of aromatic nitrogens is 2. The van der Waals surface area contributed by atoms with Crippen LogP contribution in [-0.2, 0) is 20.2 Å². The molecule has 0 spiro atoms. The van der Waals surface area contributed by atoms with E-state index in [0.717, 1.165) is 32.6 Å². The molecule has 0 bridgehead atoms. The first-order valence-electron chi connectivity index (χ1n) is 8.85. The molecule has 2 rings (SSSR count). The monoisotopic (exact) mass is 442 g/mol. The predicted octanol–water partition coefficient (Wildman–Crippen LogP) is 3.74. The fourth-order valence-electron chi connectivity index (χ4n) is 2.32. The maximum Gasteiger partial charge on any atom is 0.246 e. The van der Waals surface area contributed by atoms with Gasteiger partial charge < -0.3 is 0 Å². The number of hydrogen-bond donors (Lipinski definition) is 1. The van der Waals surface area contributed by atoms with Crippen LogP contribution in [0.25, 0.3) is 0 Å². The third-order valence-electron chi connectivity index (χ3n) is 3.79. The number of thioether (sulfide) groups is 1. The van der Waals surface area contributed by atoms with Gasteiger partial charge in [0.1, 0.15) is 6.54 Å². The molecule has 154 valence electrons. The number of benzene rings is 1.